The fourth-order valence-electron chi connectivity index (χ4n) is 1.42. The van der Waals surface area contributed by atoms with Crippen molar-refractivity contribution in [3.8, 4) is 0 Å². The van der Waals surface area contributed by atoms with E-state index in [0.717, 1.165) is 0 Å². The zero-order valence-corrected chi connectivity index (χ0v) is 13.4. The van der Waals surface area contributed by atoms with Crippen molar-refractivity contribution in [1.82, 2.24) is 0 Å². The van der Waals surface area contributed by atoms with Crippen LogP contribution in [0.5, 0.6) is 0 Å². The van der Waals surface area contributed by atoms with E-state index < -0.39 is 71.5 Å². The van der Waals surface area contributed by atoms with Crippen LogP contribution in [0.25, 0.3) is 0 Å². The van der Waals surface area contributed by atoms with Crippen molar-refractivity contribution in [2.24, 2.45) is 0 Å². The molecule has 0 atom stereocenters. The molecule has 0 rings (SSSR count). The van der Waals surface area contributed by atoms with E-state index >= 15 is 0 Å². The molecule has 0 amide bonds. The van der Waals surface area contributed by atoms with Gasteiger partial charge in [-0.2, -0.15) is 65.9 Å². The van der Waals surface area contributed by atoms with Gasteiger partial charge in [-0.15, -0.1) is 0 Å². The fourth-order valence-corrected chi connectivity index (χ4v) is 1.42. The minimum atomic E-state index is -7.87. The molecule has 1 N–H and O–H groups in total. The van der Waals surface area contributed by atoms with Crippen LogP contribution in [0.1, 0.15) is 0 Å². The quantitative estimate of drug-likeness (QED) is 0.320. The molecule has 0 heterocycles. The van der Waals surface area contributed by atoms with Crippen molar-refractivity contribution in [1.29, 1.82) is 0 Å². The highest BCUT2D eigenvalue weighted by Gasteiger charge is 2.82. The maximum absolute atomic E-state index is 13.3. The van der Waals surface area contributed by atoms with Crippen molar-refractivity contribution in [3.63, 3.8) is 0 Å². The Balaban J connectivity index is 6.58. The van der Waals surface area contributed by atoms with Crippen molar-refractivity contribution >= 4 is 5.97 Å². The first-order valence-corrected chi connectivity index (χ1v) is 6.55. The minimum Gasteiger partial charge on any atom is -0.478 e. The number of hydrogen-bond donors (Lipinski definition) is 1. The van der Waals surface area contributed by atoms with Crippen LogP contribution in [0.15, 0.2) is 23.8 Å². The zero-order valence-electron chi connectivity index (χ0n) is 13.4. The molecule has 0 aliphatic carbocycles. The first-order chi connectivity index (χ1) is 13.2. The van der Waals surface area contributed by atoms with E-state index in [0.29, 0.717) is 0 Å². The second kappa shape index (κ2) is 7.72. The maximum Gasteiger partial charge on any atom is 0.460 e. The smallest absolute Gasteiger partial charge is 0.460 e. The number of hydrogen-bond acceptors (Lipinski definition) is 1. The summed E-state index contributed by atoms with van der Waals surface area (Å²) in [5, 5.41) is 7.89. The Morgan fingerprint density at radius 1 is 0.581 bits per heavy atom. The molecular weight excluding hydrogens is 499 g/mol. The standard InChI is InChI=1S/C12H3F17O2/c13-3(1-5(30)31)7(17,18)10(23,24)9(21,22)6(15,16)2-4(14)8(19,20)11(25,26)12(27,28)29/h1-2H,(H,30,31)/b3-1-,4-2-. The molecule has 0 saturated carbocycles. The van der Waals surface area contributed by atoms with Crippen LogP contribution in [0.4, 0.5) is 74.6 Å². The Morgan fingerprint density at radius 2 is 0.935 bits per heavy atom. The van der Waals surface area contributed by atoms with E-state index in [2.05, 4.69) is 0 Å². The summed E-state index contributed by atoms with van der Waals surface area (Å²) in [4.78, 5) is 9.93. The van der Waals surface area contributed by atoms with Crippen LogP contribution in [-0.4, -0.2) is 52.8 Å². The molecular formula is C12H3F17O2. The van der Waals surface area contributed by atoms with Crippen molar-refractivity contribution < 1.29 is 84.5 Å². The van der Waals surface area contributed by atoms with Crippen LogP contribution in [0.3, 0.4) is 0 Å². The average Bonchev–Trinajstić information content (AvgIpc) is 2.51. The monoisotopic (exact) mass is 502 g/mol. The normalized spacial score (nSPS) is 16.5. The summed E-state index contributed by atoms with van der Waals surface area (Å²) in [6.45, 7) is 0. The molecule has 0 aliphatic heterocycles. The van der Waals surface area contributed by atoms with Crippen LogP contribution in [0.2, 0.25) is 0 Å². The Labute approximate surface area is 157 Å². The third-order valence-electron chi connectivity index (χ3n) is 3.12. The van der Waals surface area contributed by atoms with Crippen molar-refractivity contribution in [2.45, 2.75) is 41.7 Å². The predicted octanol–water partition coefficient (Wildman–Crippen LogP) is 6.15. The van der Waals surface area contributed by atoms with Gasteiger partial charge in [0.15, 0.2) is 11.7 Å². The SMILES string of the molecule is O=C(O)/C=C(\F)C(F)(F)C(F)(F)C(F)(F)C(F)(F)/C=C(\F)C(F)(F)C(F)(F)C(F)(F)F. The lowest BCUT2D eigenvalue weighted by Gasteiger charge is -2.35. The van der Waals surface area contributed by atoms with Gasteiger partial charge in [0.2, 0.25) is 0 Å². The molecule has 182 valence electrons. The van der Waals surface area contributed by atoms with Gasteiger partial charge in [0, 0.05) is 6.08 Å². The average molecular weight is 502 g/mol. The number of halogens is 17. The van der Waals surface area contributed by atoms with Crippen LogP contribution in [0, 0.1) is 0 Å². The number of carboxylic acids is 1. The van der Waals surface area contributed by atoms with Gasteiger partial charge in [-0.05, 0) is 0 Å². The van der Waals surface area contributed by atoms with E-state index in [1.807, 2.05) is 0 Å². The first kappa shape index (κ1) is 28.8. The van der Waals surface area contributed by atoms with Gasteiger partial charge in [-0.25, -0.2) is 13.6 Å². The highest BCUT2D eigenvalue weighted by Crippen LogP contribution is 2.57. The lowest BCUT2D eigenvalue weighted by atomic mass is 9.96. The molecule has 0 unspecified atom stereocenters. The molecule has 2 nitrogen and oxygen atoms in total. The second-order valence-corrected chi connectivity index (χ2v) is 5.32. The van der Waals surface area contributed by atoms with Crippen molar-refractivity contribution in [2.75, 3.05) is 0 Å². The van der Waals surface area contributed by atoms with Gasteiger partial charge in [-0.3, -0.25) is 0 Å². The van der Waals surface area contributed by atoms with Gasteiger partial charge in [0.05, 0.1) is 6.08 Å². The maximum atomic E-state index is 13.3. The topological polar surface area (TPSA) is 37.3 Å². The molecule has 0 aliphatic rings. The third kappa shape index (κ3) is 4.53. The molecule has 0 saturated heterocycles. The molecule has 0 aromatic heterocycles. The number of carboxylic acid groups (broad SMARTS) is 1. The number of rotatable bonds is 8. The Kier molecular flexibility index (Phi) is 7.16. The largest absolute Gasteiger partial charge is 0.478 e. The highest BCUT2D eigenvalue weighted by molar-refractivity contribution is 5.80. The summed E-state index contributed by atoms with van der Waals surface area (Å²) >= 11 is 0. The summed E-state index contributed by atoms with van der Waals surface area (Å²) in [7, 11) is 0. The molecule has 31 heavy (non-hydrogen) atoms. The van der Waals surface area contributed by atoms with Crippen LogP contribution in [-0.2, 0) is 4.79 Å². The predicted molar refractivity (Wildman–Crippen MR) is 61.8 cm³/mol. The van der Waals surface area contributed by atoms with Gasteiger partial charge in [-0.1, -0.05) is 0 Å². The Morgan fingerprint density at radius 3 is 1.26 bits per heavy atom. The Hall–Kier alpha value is -2.24. The number of alkyl halides is 15. The van der Waals surface area contributed by atoms with Crippen molar-refractivity contribution in [3.05, 3.63) is 23.8 Å². The first-order valence-electron chi connectivity index (χ1n) is 6.55. The van der Waals surface area contributed by atoms with Gasteiger partial charge in [0.25, 0.3) is 0 Å². The van der Waals surface area contributed by atoms with Crippen LogP contribution >= 0.6 is 0 Å². The third-order valence-corrected chi connectivity index (χ3v) is 3.12. The molecule has 0 radical (unpaired) electrons. The van der Waals surface area contributed by atoms with E-state index in [1.165, 1.54) is 0 Å². The number of aliphatic carboxylic acids is 1. The molecule has 19 heteroatoms. The molecule has 0 aromatic rings. The molecule has 0 spiro atoms. The lowest BCUT2D eigenvalue weighted by molar-refractivity contribution is -0.354. The van der Waals surface area contributed by atoms with E-state index in [9.17, 15) is 79.4 Å². The summed E-state index contributed by atoms with van der Waals surface area (Å²) in [6, 6.07) is 0. The van der Waals surface area contributed by atoms with Gasteiger partial charge >= 0.3 is 47.7 Å². The van der Waals surface area contributed by atoms with E-state index in [1.54, 1.807) is 0 Å². The molecule has 0 fully saturated rings. The summed E-state index contributed by atoms with van der Waals surface area (Å²) in [5.74, 6) is -56.8. The highest BCUT2D eigenvalue weighted by atomic mass is 19.4. The van der Waals surface area contributed by atoms with Gasteiger partial charge < -0.3 is 5.11 Å². The fraction of sp³-hybridized carbons (Fsp3) is 0.583. The molecule has 0 aromatic carbocycles. The zero-order chi connectivity index (χ0) is 25.6. The summed E-state index contributed by atoms with van der Waals surface area (Å²) in [5.41, 5.74) is 0. The number of carbonyl (C=O) groups is 1. The molecule has 0 bridgehead atoms. The van der Waals surface area contributed by atoms with E-state index in [4.69, 9.17) is 5.11 Å². The van der Waals surface area contributed by atoms with Gasteiger partial charge in [0.1, 0.15) is 0 Å². The lowest BCUT2D eigenvalue weighted by Crippen LogP contribution is -2.62. The second-order valence-electron chi connectivity index (χ2n) is 5.32. The minimum absolute atomic E-state index is 1.52. The summed E-state index contributed by atoms with van der Waals surface area (Å²) < 4.78 is 218. The van der Waals surface area contributed by atoms with E-state index in [-0.39, 0.29) is 0 Å². The Bertz CT molecular complexity index is 758. The van der Waals surface area contributed by atoms with Crippen LogP contribution < -0.4 is 0 Å². The number of allylic oxidation sites excluding steroid dienone is 3. The summed E-state index contributed by atoms with van der Waals surface area (Å²) in [6.07, 6.45) is -11.8.